The minimum absolute atomic E-state index is 0.0505. The van der Waals surface area contributed by atoms with Gasteiger partial charge in [-0.05, 0) is 29.8 Å². The molecule has 0 bridgehead atoms. The molecule has 0 fully saturated rings. The lowest BCUT2D eigenvalue weighted by Crippen LogP contribution is -2.24. The van der Waals surface area contributed by atoms with Gasteiger partial charge in [0.1, 0.15) is 11.6 Å². The van der Waals surface area contributed by atoms with Crippen LogP contribution < -0.4 is 5.32 Å². The van der Waals surface area contributed by atoms with Gasteiger partial charge in [-0.15, -0.1) is 0 Å². The molecule has 2 aromatic rings. The average Bonchev–Trinajstić information content (AvgIpc) is 2.40. The number of rotatable bonds is 5. The molecule has 0 aromatic heterocycles. The number of carbonyl (C=O) groups is 1. The van der Waals surface area contributed by atoms with Crippen molar-refractivity contribution in [2.24, 2.45) is 0 Å². The standard InChI is InChI=1S/C15H13ClFNO3S/c16-12-5-3-4-11(8-12)9-22(20,21)10-15(19)18-14-7-2-1-6-13(14)17/h1-8H,9-10H2,(H,18,19). The van der Waals surface area contributed by atoms with E-state index < -0.39 is 27.3 Å². The van der Waals surface area contributed by atoms with Crippen molar-refractivity contribution >= 4 is 33.0 Å². The van der Waals surface area contributed by atoms with Gasteiger partial charge in [0.05, 0.1) is 11.4 Å². The molecule has 0 aliphatic heterocycles. The van der Waals surface area contributed by atoms with Gasteiger partial charge < -0.3 is 5.32 Å². The van der Waals surface area contributed by atoms with Crippen LogP contribution in [-0.4, -0.2) is 20.1 Å². The molecular weight excluding hydrogens is 329 g/mol. The van der Waals surface area contributed by atoms with E-state index in [0.717, 1.165) is 0 Å². The number of sulfone groups is 1. The van der Waals surface area contributed by atoms with Crippen molar-refractivity contribution < 1.29 is 17.6 Å². The van der Waals surface area contributed by atoms with E-state index >= 15 is 0 Å². The van der Waals surface area contributed by atoms with Crippen molar-refractivity contribution in [3.8, 4) is 0 Å². The number of carbonyl (C=O) groups excluding carboxylic acids is 1. The van der Waals surface area contributed by atoms with Crippen molar-refractivity contribution in [2.45, 2.75) is 5.75 Å². The molecule has 2 aromatic carbocycles. The van der Waals surface area contributed by atoms with Crippen molar-refractivity contribution in [1.82, 2.24) is 0 Å². The molecule has 7 heteroatoms. The summed E-state index contributed by atoms with van der Waals surface area (Å²) in [7, 11) is -3.68. The quantitative estimate of drug-likeness (QED) is 0.909. The summed E-state index contributed by atoms with van der Waals surface area (Å²) in [5, 5.41) is 2.66. The van der Waals surface area contributed by atoms with Gasteiger partial charge >= 0.3 is 0 Å². The Morgan fingerprint density at radius 2 is 1.86 bits per heavy atom. The molecule has 22 heavy (non-hydrogen) atoms. The van der Waals surface area contributed by atoms with Crippen LogP contribution in [0, 0.1) is 5.82 Å². The van der Waals surface area contributed by atoms with Gasteiger partial charge in [0, 0.05) is 5.02 Å². The van der Waals surface area contributed by atoms with E-state index in [-0.39, 0.29) is 11.4 Å². The number of halogens is 2. The minimum Gasteiger partial charge on any atom is -0.323 e. The Hall–Kier alpha value is -1.92. The van der Waals surface area contributed by atoms with Gasteiger partial charge in [-0.25, -0.2) is 12.8 Å². The van der Waals surface area contributed by atoms with E-state index in [0.29, 0.717) is 10.6 Å². The van der Waals surface area contributed by atoms with Crippen LogP contribution in [0.1, 0.15) is 5.56 Å². The summed E-state index contributed by atoms with van der Waals surface area (Å²) in [4.78, 5) is 11.8. The third-order valence-corrected chi connectivity index (χ3v) is 4.48. The predicted molar refractivity (Wildman–Crippen MR) is 84.0 cm³/mol. The summed E-state index contributed by atoms with van der Waals surface area (Å²) in [6, 6.07) is 11.9. The lowest BCUT2D eigenvalue weighted by molar-refractivity contribution is -0.113. The molecule has 0 heterocycles. The zero-order valence-electron chi connectivity index (χ0n) is 11.4. The Labute approximate surface area is 132 Å². The van der Waals surface area contributed by atoms with Crippen LogP contribution in [0.25, 0.3) is 0 Å². The number of nitrogens with one attached hydrogen (secondary N) is 1. The highest BCUT2D eigenvalue weighted by molar-refractivity contribution is 7.91. The average molecular weight is 342 g/mol. The third kappa shape index (κ3) is 4.82. The zero-order chi connectivity index (χ0) is 16.2. The first kappa shape index (κ1) is 16.5. The second-order valence-corrected chi connectivity index (χ2v) is 7.19. The molecule has 0 saturated heterocycles. The third-order valence-electron chi connectivity index (χ3n) is 2.77. The molecule has 4 nitrogen and oxygen atoms in total. The van der Waals surface area contributed by atoms with Crippen LogP contribution >= 0.6 is 11.6 Å². The van der Waals surface area contributed by atoms with Gasteiger partial charge in [0.15, 0.2) is 9.84 Å². The fraction of sp³-hybridized carbons (Fsp3) is 0.133. The second kappa shape index (κ2) is 6.89. The number of amides is 1. The summed E-state index contributed by atoms with van der Waals surface area (Å²) < 4.78 is 37.4. The summed E-state index contributed by atoms with van der Waals surface area (Å²) in [5.74, 6) is -2.44. The first-order chi connectivity index (χ1) is 10.4. The molecule has 0 aliphatic rings. The van der Waals surface area contributed by atoms with Crippen molar-refractivity contribution in [1.29, 1.82) is 0 Å². The summed E-state index contributed by atoms with van der Waals surface area (Å²) in [6.07, 6.45) is 0. The molecule has 1 N–H and O–H groups in total. The Morgan fingerprint density at radius 3 is 2.55 bits per heavy atom. The molecule has 0 unspecified atom stereocenters. The largest absolute Gasteiger partial charge is 0.323 e. The maximum atomic E-state index is 13.4. The Kier molecular flexibility index (Phi) is 5.15. The smallest absolute Gasteiger partial charge is 0.239 e. The van der Waals surface area contributed by atoms with E-state index in [4.69, 9.17) is 11.6 Å². The number of benzene rings is 2. The SMILES string of the molecule is O=C(CS(=O)(=O)Cc1cccc(Cl)c1)Nc1ccccc1F. The topological polar surface area (TPSA) is 63.2 Å². The van der Waals surface area contributed by atoms with Crippen LogP contribution in [0.4, 0.5) is 10.1 Å². The van der Waals surface area contributed by atoms with Crippen LogP contribution in [-0.2, 0) is 20.4 Å². The van der Waals surface area contributed by atoms with Gasteiger partial charge in [0.25, 0.3) is 0 Å². The predicted octanol–water partition coefficient (Wildman–Crippen LogP) is 3.03. The van der Waals surface area contributed by atoms with E-state index in [1.54, 1.807) is 24.3 Å². The highest BCUT2D eigenvalue weighted by Crippen LogP contribution is 2.15. The Bertz CT molecular complexity index is 793. The Balaban J connectivity index is 2.02. The summed E-state index contributed by atoms with van der Waals surface area (Å²) in [5.41, 5.74) is 0.441. The van der Waals surface area contributed by atoms with E-state index in [9.17, 15) is 17.6 Å². The molecule has 0 saturated carbocycles. The highest BCUT2D eigenvalue weighted by atomic mass is 35.5. The number of hydrogen-bond acceptors (Lipinski definition) is 3. The second-order valence-electron chi connectivity index (χ2n) is 4.69. The summed E-state index contributed by atoms with van der Waals surface area (Å²) in [6.45, 7) is 0. The monoisotopic (exact) mass is 341 g/mol. The molecule has 0 atom stereocenters. The van der Waals surface area contributed by atoms with Crippen molar-refractivity contribution in [3.05, 3.63) is 64.9 Å². The van der Waals surface area contributed by atoms with Gasteiger partial charge in [-0.2, -0.15) is 0 Å². The molecule has 116 valence electrons. The molecule has 1 amide bonds. The first-order valence-corrected chi connectivity index (χ1v) is 8.55. The van der Waals surface area contributed by atoms with Gasteiger partial charge in [-0.3, -0.25) is 4.79 Å². The van der Waals surface area contributed by atoms with Crippen LogP contribution in [0.3, 0.4) is 0 Å². The van der Waals surface area contributed by atoms with Crippen molar-refractivity contribution in [3.63, 3.8) is 0 Å². The van der Waals surface area contributed by atoms with Gasteiger partial charge in [-0.1, -0.05) is 35.9 Å². The number of anilines is 1. The first-order valence-electron chi connectivity index (χ1n) is 6.35. The van der Waals surface area contributed by atoms with Gasteiger partial charge in [0.2, 0.25) is 5.91 Å². The molecular formula is C15H13ClFNO3S. The number of hydrogen-bond donors (Lipinski definition) is 1. The molecule has 2 rings (SSSR count). The Morgan fingerprint density at radius 1 is 1.14 bits per heavy atom. The maximum Gasteiger partial charge on any atom is 0.239 e. The maximum absolute atomic E-state index is 13.4. The lowest BCUT2D eigenvalue weighted by Gasteiger charge is -2.07. The highest BCUT2D eigenvalue weighted by Gasteiger charge is 2.18. The van der Waals surface area contributed by atoms with E-state index in [1.165, 1.54) is 24.3 Å². The van der Waals surface area contributed by atoms with Crippen molar-refractivity contribution in [2.75, 3.05) is 11.1 Å². The molecule has 0 aliphatic carbocycles. The van der Waals surface area contributed by atoms with E-state index in [2.05, 4.69) is 5.32 Å². The molecule has 0 radical (unpaired) electrons. The van der Waals surface area contributed by atoms with Crippen LogP contribution in [0.2, 0.25) is 5.02 Å². The normalized spacial score (nSPS) is 11.2. The van der Waals surface area contributed by atoms with Crippen LogP contribution in [0.5, 0.6) is 0 Å². The summed E-state index contributed by atoms with van der Waals surface area (Å²) >= 11 is 5.79. The van der Waals surface area contributed by atoms with Crippen LogP contribution in [0.15, 0.2) is 48.5 Å². The molecule has 0 spiro atoms. The lowest BCUT2D eigenvalue weighted by atomic mass is 10.2. The minimum atomic E-state index is -3.68. The zero-order valence-corrected chi connectivity index (χ0v) is 13.0. The fourth-order valence-electron chi connectivity index (χ4n) is 1.88. The number of para-hydroxylation sites is 1. The fourth-order valence-corrected chi connectivity index (χ4v) is 3.35. The van der Waals surface area contributed by atoms with E-state index in [1.807, 2.05) is 0 Å².